The van der Waals surface area contributed by atoms with Crippen LogP contribution < -0.4 is 10.5 Å². The van der Waals surface area contributed by atoms with Gasteiger partial charge in [0, 0.05) is 6.07 Å². The summed E-state index contributed by atoms with van der Waals surface area (Å²) in [6, 6.07) is 8.82. The highest BCUT2D eigenvalue weighted by Crippen LogP contribution is 2.26. The van der Waals surface area contributed by atoms with Gasteiger partial charge in [-0.3, -0.25) is 0 Å². The van der Waals surface area contributed by atoms with Crippen molar-refractivity contribution in [2.75, 3.05) is 5.73 Å². The molecule has 0 spiro atoms. The van der Waals surface area contributed by atoms with Crippen molar-refractivity contribution in [2.45, 2.75) is 0 Å². The lowest BCUT2D eigenvalue weighted by atomic mass is 10.3. The van der Waals surface area contributed by atoms with Gasteiger partial charge in [0.15, 0.2) is 0 Å². The van der Waals surface area contributed by atoms with Crippen LogP contribution in [0.15, 0.2) is 36.4 Å². The number of aromatic nitrogens is 1. The topological polar surface area (TPSA) is 48.1 Å². The van der Waals surface area contributed by atoms with Gasteiger partial charge in [-0.2, -0.15) is 4.98 Å². The molecular formula is C11H8ClFN2O. The number of benzene rings is 1. The van der Waals surface area contributed by atoms with E-state index in [1.807, 2.05) is 0 Å². The molecule has 2 N–H and O–H groups in total. The number of nitrogens with two attached hydrogens (primary N) is 1. The molecule has 0 aliphatic carbocycles. The van der Waals surface area contributed by atoms with Crippen molar-refractivity contribution in [1.82, 2.24) is 4.98 Å². The summed E-state index contributed by atoms with van der Waals surface area (Å²) in [6.07, 6.45) is 0. The zero-order valence-corrected chi connectivity index (χ0v) is 8.91. The number of nitrogen functional groups attached to an aromatic ring is 1. The monoisotopic (exact) mass is 238 g/mol. The van der Waals surface area contributed by atoms with Gasteiger partial charge >= 0.3 is 0 Å². The Morgan fingerprint density at radius 2 is 2.06 bits per heavy atom. The van der Waals surface area contributed by atoms with Crippen LogP contribution in [-0.2, 0) is 0 Å². The molecule has 16 heavy (non-hydrogen) atoms. The molecule has 0 bridgehead atoms. The van der Waals surface area contributed by atoms with Crippen molar-refractivity contribution < 1.29 is 9.13 Å². The maximum atomic E-state index is 12.9. The number of halogens is 2. The first-order valence-corrected chi connectivity index (χ1v) is 4.88. The molecule has 0 radical (unpaired) electrons. The van der Waals surface area contributed by atoms with Crippen LogP contribution in [0.25, 0.3) is 0 Å². The van der Waals surface area contributed by atoms with Gasteiger partial charge in [-0.25, -0.2) is 4.39 Å². The third-order valence-corrected chi connectivity index (χ3v) is 2.08. The Labute approximate surface area is 96.6 Å². The lowest BCUT2D eigenvalue weighted by Crippen LogP contribution is -1.95. The van der Waals surface area contributed by atoms with Crippen molar-refractivity contribution >= 4 is 17.3 Å². The molecule has 0 aliphatic heterocycles. The Morgan fingerprint density at radius 1 is 1.25 bits per heavy atom. The molecule has 0 unspecified atom stereocenters. The first-order valence-electron chi connectivity index (χ1n) is 4.50. The molecule has 82 valence electrons. The standard InChI is InChI=1S/C11H8ClFN2O/c12-10-5-4-9(14)11(15-10)16-8-3-1-2-7(13)6-8/h1-6H,14H2. The second-order valence-electron chi connectivity index (χ2n) is 3.09. The minimum atomic E-state index is -0.391. The van der Waals surface area contributed by atoms with Crippen LogP contribution >= 0.6 is 11.6 Å². The fourth-order valence-electron chi connectivity index (χ4n) is 1.15. The molecule has 5 heteroatoms. The smallest absolute Gasteiger partial charge is 0.244 e. The fourth-order valence-corrected chi connectivity index (χ4v) is 1.29. The third-order valence-electron chi connectivity index (χ3n) is 1.87. The van der Waals surface area contributed by atoms with Gasteiger partial charge in [0.2, 0.25) is 5.88 Å². The Hall–Kier alpha value is -1.81. The van der Waals surface area contributed by atoms with Crippen LogP contribution in [0.2, 0.25) is 5.15 Å². The molecule has 0 aliphatic rings. The number of hydrogen-bond donors (Lipinski definition) is 1. The van der Waals surface area contributed by atoms with Gasteiger partial charge in [-0.1, -0.05) is 17.7 Å². The highest BCUT2D eigenvalue weighted by atomic mass is 35.5. The average molecular weight is 239 g/mol. The number of pyridine rings is 1. The first-order chi connectivity index (χ1) is 7.65. The molecule has 2 rings (SSSR count). The predicted octanol–water partition coefficient (Wildman–Crippen LogP) is 3.25. The number of hydrogen-bond acceptors (Lipinski definition) is 3. The molecule has 3 nitrogen and oxygen atoms in total. The summed E-state index contributed by atoms with van der Waals surface area (Å²) in [5, 5.41) is 0.264. The average Bonchev–Trinajstić information content (AvgIpc) is 2.24. The summed E-state index contributed by atoms with van der Waals surface area (Å²) in [4.78, 5) is 3.89. The van der Waals surface area contributed by atoms with Gasteiger partial charge in [-0.15, -0.1) is 0 Å². The summed E-state index contributed by atoms with van der Waals surface area (Å²) < 4.78 is 18.2. The SMILES string of the molecule is Nc1ccc(Cl)nc1Oc1cccc(F)c1. The van der Waals surface area contributed by atoms with Crippen molar-refractivity contribution in [3.05, 3.63) is 47.4 Å². The van der Waals surface area contributed by atoms with Crippen LogP contribution in [0.3, 0.4) is 0 Å². The number of rotatable bonds is 2. The molecule has 1 aromatic carbocycles. The molecule has 2 aromatic rings. The second kappa shape index (κ2) is 4.37. The lowest BCUT2D eigenvalue weighted by molar-refractivity contribution is 0.461. The van der Waals surface area contributed by atoms with Crippen LogP contribution in [0.4, 0.5) is 10.1 Å². The molecule has 0 amide bonds. The number of anilines is 1. The van der Waals surface area contributed by atoms with Crippen molar-refractivity contribution in [3.8, 4) is 11.6 Å². The van der Waals surface area contributed by atoms with Gasteiger partial charge < -0.3 is 10.5 Å². The summed E-state index contributed by atoms with van der Waals surface area (Å²) in [7, 11) is 0. The molecule has 1 aromatic heterocycles. The van der Waals surface area contributed by atoms with Crippen molar-refractivity contribution in [1.29, 1.82) is 0 Å². The summed E-state index contributed by atoms with van der Waals surface area (Å²) in [5.74, 6) is 0.0951. The summed E-state index contributed by atoms with van der Waals surface area (Å²) in [5.41, 5.74) is 5.98. The van der Waals surface area contributed by atoms with E-state index >= 15 is 0 Å². The Kier molecular flexibility index (Phi) is 2.92. The lowest BCUT2D eigenvalue weighted by Gasteiger charge is -2.07. The van der Waals surface area contributed by atoms with E-state index in [0.29, 0.717) is 11.4 Å². The Morgan fingerprint density at radius 3 is 2.81 bits per heavy atom. The Bertz CT molecular complexity index is 519. The maximum absolute atomic E-state index is 12.9. The van der Waals surface area contributed by atoms with Crippen LogP contribution in [0, 0.1) is 5.82 Å². The van der Waals surface area contributed by atoms with E-state index in [-0.39, 0.29) is 11.0 Å². The zero-order chi connectivity index (χ0) is 11.5. The van der Waals surface area contributed by atoms with Crippen molar-refractivity contribution in [2.24, 2.45) is 0 Å². The number of nitrogens with zero attached hydrogens (tertiary/aromatic N) is 1. The quantitative estimate of drug-likeness (QED) is 0.817. The molecule has 0 atom stereocenters. The number of ether oxygens (including phenoxy) is 1. The van der Waals surface area contributed by atoms with Crippen LogP contribution in [0.5, 0.6) is 11.6 Å². The largest absolute Gasteiger partial charge is 0.437 e. The van der Waals surface area contributed by atoms with E-state index in [1.165, 1.54) is 18.2 Å². The minimum Gasteiger partial charge on any atom is -0.437 e. The maximum Gasteiger partial charge on any atom is 0.244 e. The van der Waals surface area contributed by atoms with Crippen molar-refractivity contribution in [3.63, 3.8) is 0 Å². The van der Waals surface area contributed by atoms with Gasteiger partial charge in [-0.05, 0) is 24.3 Å². The third kappa shape index (κ3) is 2.41. The van der Waals surface area contributed by atoms with E-state index in [4.69, 9.17) is 22.1 Å². The first kappa shape index (κ1) is 10.7. The fraction of sp³-hybridized carbons (Fsp3) is 0. The molecule has 1 heterocycles. The molecule has 0 saturated heterocycles. The summed E-state index contributed by atoms with van der Waals surface area (Å²) >= 11 is 5.69. The second-order valence-corrected chi connectivity index (χ2v) is 3.48. The molecule has 0 saturated carbocycles. The van der Waals surface area contributed by atoms with Crippen LogP contribution in [-0.4, -0.2) is 4.98 Å². The predicted molar refractivity (Wildman–Crippen MR) is 60.1 cm³/mol. The highest BCUT2D eigenvalue weighted by molar-refractivity contribution is 6.29. The zero-order valence-electron chi connectivity index (χ0n) is 8.15. The summed E-state index contributed by atoms with van der Waals surface area (Å²) in [6.45, 7) is 0. The van der Waals surface area contributed by atoms with Gasteiger partial charge in [0.1, 0.15) is 16.7 Å². The Balaban J connectivity index is 2.30. The van der Waals surface area contributed by atoms with E-state index in [9.17, 15) is 4.39 Å². The molecule has 0 fully saturated rings. The highest BCUT2D eigenvalue weighted by Gasteiger charge is 2.05. The minimum absolute atomic E-state index is 0.165. The van der Waals surface area contributed by atoms with Gasteiger partial charge in [0.05, 0.1) is 5.69 Å². The van der Waals surface area contributed by atoms with E-state index < -0.39 is 5.82 Å². The van der Waals surface area contributed by atoms with E-state index in [0.717, 1.165) is 0 Å². The van der Waals surface area contributed by atoms with E-state index in [1.54, 1.807) is 18.2 Å². The van der Waals surface area contributed by atoms with E-state index in [2.05, 4.69) is 4.98 Å². The van der Waals surface area contributed by atoms with Crippen LogP contribution in [0.1, 0.15) is 0 Å². The molecular weight excluding hydrogens is 231 g/mol. The van der Waals surface area contributed by atoms with Gasteiger partial charge in [0.25, 0.3) is 0 Å². The normalized spacial score (nSPS) is 10.1.